The highest BCUT2D eigenvalue weighted by Crippen LogP contribution is 2.15. The third-order valence-electron chi connectivity index (χ3n) is 4.62. The Bertz CT molecular complexity index is 908. The second-order valence-electron chi connectivity index (χ2n) is 6.80. The lowest BCUT2D eigenvalue weighted by Crippen LogP contribution is -2.32. The molecule has 1 fully saturated rings. The molecule has 0 aliphatic carbocycles. The van der Waals surface area contributed by atoms with Crippen LogP contribution in [0, 0.1) is 5.82 Å². The van der Waals surface area contributed by atoms with E-state index in [9.17, 15) is 17.6 Å². The van der Waals surface area contributed by atoms with E-state index in [2.05, 4.69) is 4.72 Å². The third-order valence-corrected chi connectivity index (χ3v) is 6.06. The summed E-state index contributed by atoms with van der Waals surface area (Å²) in [6.45, 7) is 1.22. The fraction of sp³-hybridized carbons (Fsp3) is 0.350. The van der Waals surface area contributed by atoms with Gasteiger partial charge in [-0.15, -0.1) is 0 Å². The molecule has 150 valence electrons. The highest BCUT2D eigenvalue weighted by atomic mass is 32.2. The molecule has 0 spiro atoms. The molecule has 8 heteroatoms. The standard InChI is InChI=1S/C20H23FN2O4S/c1-23(14-15-4-8-17(21)9-5-15)20(24)16-6-10-19(11-7-16)28(25,26)22-13-18-3-2-12-27-18/h4-11,18,22H,2-3,12-14H2,1H3. The van der Waals surface area contributed by atoms with E-state index in [0.29, 0.717) is 18.7 Å². The van der Waals surface area contributed by atoms with Crippen molar-refractivity contribution < 1.29 is 22.3 Å². The van der Waals surface area contributed by atoms with E-state index in [1.54, 1.807) is 19.2 Å². The van der Waals surface area contributed by atoms with Crippen molar-refractivity contribution >= 4 is 15.9 Å². The van der Waals surface area contributed by atoms with Crippen molar-refractivity contribution in [1.82, 2.24) is 9.62 Å². The van der Waals surface area contributed by atoms with E-state index in [-0.39, 0.29) is 29.3 Å². The van der Waals surface area contributed by atoms with Gasteiger partial charge in [-0.05, 0) is 54.8 Å². The molecule has 1 atom stereocenters. The molecule has 1 amide bonds. The summed E-state index contributed by atoms with van der Waals surface area (Å²) >= 11 is 0. The molecule has 0 radical (unpaired) electrons. The molecule has 6 nitrogen and oxygen atoms in total. The molecule has 0 saturated carbocycles. The first-order chi connectivity index (χ1) is 13.3. The molecule has 28 heavy (non-hydrogen) atoms. The van der Waals surface area contributed by atoms with Gasteiger partial charge in [0, 0.05) is 32.3 Å². The fourth-order valence-corrected chi connectivity index (χ4v) is 4.09. The number of carbonyl (C=O) groups excluding carboxylic acids is 1. The van der Waals surface area contributed by atoms with Crippen LogP contribution in [0.4, 0.5) is 4.39 Å². The predicted molar refractivity (Wildman–Crippen MR) is 103 cm³/mol. The normalized spacial score (nSPS) is 16.9. The van der Waals surface area contributed by atoms with Crippen LogP contribution in [0.15, 0.2) is 53.4 Å². The van der Waals surface area contributed by atoms with Crippen LogP contribution in [0.25, 0.3) is 0 Å². The lowest BCUT2D eigenvalue weighted by molar-refractivity contribution is 0.0785. The number of amides is 1. The minimum atomic E-state index is -3.65. The van der Waals surface area contributed by atoms with E-state index < -0.39 is 10.0 Å². The molecule has 2 aromatic rings. The van der Waals surface area contributed by atoms with Crippen LogP contribution < -0.4 is 4.72 Å². The van der Waals surface area contributed by atoms with Crippen LogP contribution in [0.2, 0.25) is 0 Å². The van der Waals surface area contributed by atoms with Gasteiger partial charge in [-0.25, -0.2) is 17.5 Å². The number of nitrogens with one attached hydrogen (secondary N) is 1. The maximum absolute atomic E-state index is 13.0. The maximum atomic E-state index is 13.0. The predicted octanol–water partition coefficient (Wildman–Crippen LogP) is 2.56. The molecule has 1 N–H and O–H groups in total. The monoisotopic (exact) mass is 406 g/mol. The zero-order chi connectivity index (χ0) is 20.1. The van der Waals surface area contributed by atoms with E-state index in [1.165, 1.54) is 41.3 Å². The first-order valence-electron chi connectivity index (χ1n) is 9.06. The lowest BCUT2D eigenvalue weighted by Gasteiger charge is -2.17. The summed E-state index contributed by atoms with van der Waals surface area (Å²) < 4.78 is 45.7. The molecule has 1 aliphatic rings. The number of sulfonamides is 1. The van der Waals surface area contributed by atoms with Crippen LogP contribution in [0.1, 0.15) is 28.8 Å². The van der Waals surface area contributed by atoms with Crippen molar-refractivity contribution in [3.05, 3.63) is 65.5 Å². The first-order valence-corrected chi connectivity index (χ1v) is 10.5. The lowest BCUT2D eigenvalue weighted by atomic mass is 10.1. The van der Waals surface area contributed by atoms with Gasteiger partial charge in [-0.1, -0.05) is 12.1 Å². The Kier molecular flexibility index (Phi) is 6.43. The number of nitrogens with zero attached hydrogens (tertiary/aromatic N) is 1. The van der Waals surface area contributed by atoms with Gasteiger partial charge < -0.3 is 9.64 Å². The van der Waals surface area contributed by atoms with E-state index in [4.69, 9.17) is 4.74 Å². The van der Waals surface area contributed by atoms with Gasteiger partial charge in [0.1, 0.15) is 5.82 Å². The number of hydrogen-bond acceptors (Lipinski definition) is 4. The molecule has 1 saturated heterocycles. The van der Waals surface area contributed by atoms with Gasteiger partial charge in [0.2, 0.25) is 10.0 Å². The average molecular weight is 406 g/mol. The largest absolute Gasteiger partial charge is 0.377 e. The Morgan fingerprint density at radius 3 is 2.46 bits per heavy atom. The molecule has 2 aromatic carbocycles. The molecule has 1 heterocycles. The van der Waals surface area contributed by atoms with E-state index in [0.717, 1.165) is 18.4 Å². The number of halogens is 1. The van der Waals surface area contributed by atoms with E-state index >= 15 is 0 Å². The number of carbonyl (C=O) groups is 1. The van der Waals surface area contributed by atoms with Gasteiger partial charge in [-0.3, -0.25) is 4.79 Å². The van der Waals surface area contributed by atoms with Crippen molar-refractivity contribution in [2.45, 2.75) is 30.4 Å². The van der Waals surface area contributed by atoms with Crippen LogP contribution in [0.5, 0.6) is 0 Å². The van der Waals surface area contributed by atoms with E-state index in [1.807, 2.05) is 0 Å². The Morgan fingerprint density at radius 2 is 1.86 bits per heavy atom. The SMILES string of the molecule is CN(Cc1ccc(F)cc1)C(=O)c1ccc(S(=O)(=O)NCC2CCCO2)cc1. The van der Waals surface area contributed by atoms with Crippen LogP contribution in [-0.4, -0.2) is 45.5 Å². The van der Waals surface area contributed by atoms with Crippen molar-refractivity contribution in [1.29, 1.82) is 0 Å². The number of ether oxygens (including phenoxy) is 1. The zero-order valence-corrected chi connectivity index (χ0v) is 16.4. The molecule has 1 aliphatic heterocycles. The quantitative estimate of drug-likeness (QED) is 0.767. The third kappa shape index (κ3) is 5.15. The minimum Gasteiger partial charge on any atom is -0.377 e. The van der Waals surface area contributed by atoms with Crippen LogP contribution in [0.3, 0.4) is 0 Å². The Hall–Kier alpha value is -2.29. The number of hydrogen-bond donors (Lipinski definition) is 1. The summed E-state index contributed by atoms with van der Waals surface area (Å²) in [6, 6.07) is 11.7. The molecule has 0 aromatic heterocycles. The van der Waals surface area contributed by atoms with Crippen molar-refractivity contribution in [2.24, 2.45) is 0 Å². The van der Waals surface area contributed by atoms with Crippen molar-refractivity contribution in [3.8, 4) is 0 Å². The smallest absolute Gasteiger partial charge is 0.253 e. The molecule has 1 unspecified atom stereocenters. The first kappa shape index (κ1) is 20.4. The molecular weight excluding hydrogens is 383 g/mol. The Balaban J connectivity index is 1.62. The highest BCUT2D eigenvalue weighted by molar-refractivity contribution is 7.89. The van der Waals surface area contributed by atoms with Gasteiger partial charge in [0.15, 0.2) is 0 Å². The molecule has 3 rings (SSSR count). The summed E-state index contributed by atoms with van der Waals surface area (Å²) in [5, 5.41) is 0. The molecular formula is C20H23FN2O4S. The average Bonchev–Trinajstić information content (AvgIpc) is 3.21. The summed E-state index contributed by atoms with van der Waals surface area (Å²) in [5.74, 6) is -0.580. The van der Waals surface area contributed by atoms with Crippen molar-refractivity contribution in [2.75, 3.05) is 20.2 Å². The van der Waals surface area contributed by atoms with Crippen LogP contribution >= 0.6 is 0 Å². The second-order valence-corrected chi connectivity index (χ2v) is 8.57. The van der Waals surface area contributed by atoms with Gasteiger partial charge in [-0.2, -0.15) is 0 Å². The maximum Gasteiger partial charge on any atom is 0.253 e. The summed E-state index contributed by atoms with van der Waals surface area (Å²) in [7, 11) is -2.02. The summed E-state index contributed by atoms with van der Waals surface area (Å²) in [5.41, 5.74) is 1.18. The number of rotatable bonds is 7. The van der Waals surface area contributed by atoms with Crippen molar-refractivity contribution in [3.63, 3.8) is 0 Å². The fourth-order valence-electron chi connectivity index (χ4n) is 3.02. The zero-order valence-electron chi connectivity index (χ0n) is 15.6. The topological polar surface area (TPSA) is 75.7 Å². The van der Waals surface area contributed by atoms with Gasteiger partial charge >= 0.3 is 0 Å². The number of benzene rings is 2. The van der Waals surface area contributed by atoms with Crippen LogP contribution in [-0.2, 0) is 21.3 Å². The van der Waals surface area contributed by atoms with Gasteiger partial charge in [0.05, 0.1) is 11.0 Å². The highest BCUT2D eigenvalue weighted by Gasteiger charge is 2.21. The Morgan fingerprint density at radius 1 is 1.18 bits per heavy atom. The summed E-state index contributed by atoms with van der Waals surface area (Å²) in [6.07, 6.45) is 1.70. The van der Waals surface area contributed by atoms with Gasteiger partial charge in [0.25, 0.3) is 5.91 Å². The molecule has 0 bridgehead atoms. The minimum absolute atomic E-state index is 0.0873. The second kappa shape index (κ2) is 8.81. The summed E-state index contributed by atoms with van der Waals surface area (Å²) in [4.78, 5) is 14.1. The Labute approximate surface area is 164 Å².